The maximum absolute atomic E-state index is 12.3. The Kier molecular flexibility index (Phi) is 9.32. The first-order chi connectivity index (χ1) is 13.1. The van der Waals surface area contributed by atoms with Gasteiger partial charge in [0, 0.05) is 6.42 Å². The van der Waals surface area contributed by atoms with E-state index < -0.39 is 48.4 Å². The third-order valence-corrected chi connectivity index (χ3v) is 4.24. The van der Waals surface area contributed by atoms with Crippen molar-refractivity contribution in [2.24, 2.45) is 5.73 Å². The highest BCUT2D eigenvalue weighted by Gasteiger charge is 2.29. The Hall–Kier alpha value is -2.73. The van der Waals surface area contributed by atoms with Crippen molar-refractivity contribution in [3.8, 4) is 0 Å². The van der Waals surface area contributed by atoms with Gasteiger partial charge in [0.1, 0.15) is 18.1 Å². The second-order valence-corrected chi connectivity index (χ2v) is 6.53. The highest BCUT2D eigenvalue weighted by atomic mass is 16.4. The predicted molar refractivity (Wildman–Crippen MR) is 95.6 cm³/mol. The topological polar surface area (TPSA) is 200 Å². The fraction of sp³-hybridized carbons (Fsp3) is 0.688. The molecule has 0 aliphatic carbocycles. The second-order valence-electron chi connectivity index (χ2n) is 6.53. The highest BCUT2D eigenvalue weighted by Crippen LogP contribution is 2.05. The molecular formula is C16H27N5O7. The number of hydrogen-bond donors (Lipinski definition) is 7. The molecule has 1 fully saturated rings. The lowest BCUT2D eigenvalue weighted by molar-refractivity contribution is -0.143. The average Bonchev–Trinajstić information content (AvgIpc) is 3.16. The van der Waals surface area contributed by atoms with Crippen LogP contribution in [0.4, 0.5) is 0 Å². The molecule has 1 saturated heterocycles. The van der Waals surface area contributed by atoms with Crippen LogP contribution in [0.2, 0.25) is 0 Å². The molecule has 8 N–H and O–H groups in total. The highest BCUT2D eigenvalue weighted by molar-refractivity contribution is 5.94. The van der Waals surface area contributed by atoms with Crippen molar-refractivity contribution >= 4 is 29.6 Å². The number of aliphatic carboxylic acids is 1. The largest absolute Gasteiger partial charge is 0.480 e. The molecule has 0 aromatic rings. The van der Waals surface area contributed by atoms with Crippen LogP contribution < -0.4 is 27.0 Å². The van der Waals surface area contributed by atoms with Gasteiger partial charge in [-0.1, -0.05) is 0 Å². The van der Waals surface area contributed by atoms with Gasteiger partial charge in [0.2, 0.25) is 23.6 Å². The van der Waals surface area contributed by atoms with E-state index in [0.717, 1.165) is 6.42 Å². The van der Waals surface area contributed by atoms with Gasteiger partial charge < -0.3 is 37.2 Å². The van der Waals surface area contributed by atoms with Crippen molar-refractivity contribution in [2.75, 3.05) is 13.2 Å². The van der Waals surface area contributed by atoms with Crippen LogP contribution in [0.3, 0.4) is 0 Å². The first-order valence-corrected chi connectivity index (χ1v) is 8.92. The zero-order chi connectivity index (χ0) is 21.3. The lowest BCUT2D eigenvalue weighted by atomic mass is 10.1. The predicted octanol–water partition coefficient (Wildman–Crippen LogP) is -3.44. The summed E-state index contributed by atoms with van der Waals surface area (Å²) in [4.78, 5) is 58.6. The van der Waals surface area contributed by atoms with Gasteiger partial charge in [-0.05, 0) is 32.7 Å². The van der Waals surface area contributed by atoms with Crippen molar-refractivity contribution < 1.29 is 34.2 Å². The van der Waals surface area contributed by atoms with Gasteiger partial charge in [-0.25, -0.2) is 4.79 Å². The number of primary amides is 1. The number of carbonyl (C=O) groups is 5. The lowest BCUT2D eigenvalue weighted by Gasteiger charge is -2.23. The van der Waals surface area contributed by atoms with E-state index in [-0.39, 0.29) is 24.8 Å². The average molecular weight is 401 g/mol. The molecule has 0 saturated carbocycles. The number of nitrogens with one attached hydrogen (secondary N) is 4. The van der Waals surface area contributed by atoms with Crippen LogP contribution in [0.5, 0.6) is 0 Å². The van der Waals surface area contributed by atoms with E-state index >= 15 is 0 Å². The lowest BCUT2D eigenvalue weighted by Crippen LogP contribution is -2.56. The van der Waals surface area contributed by atoms with E-state index in [2.05, 4.69) is 21.3 Å². The molecule has 28 heavy (non-hydrogen) atoms. The third kappa shape index (κ3) is 7.48. The number of carboxylic acids is 1. The number of amides is 4. The summed E-state index contributed by atoms with van der Waals surface area (Å²) in [6.07, 6.45) is 1.10. The molecule has 4 atom stereocenters. The van der Waals surface area contributed by atoms with E-state index in [1.807, 2.05) is 0 Å². The van der Waals surface area contributed by atoms with Gasteiger partial charge in [-0.15, -0.1) is 0 Å². The second kappa shape index (κ2) is 11.2. The molecule has 158 valence electrons. The van der Waals surface area contributed by atoms with E-state index in [1.165, 1.54) is 6.92 Å². The first-order valence-electron chi connectivity index (χ1n) is 8.92. The van der Waals surface area contributed by atoms with Crippen LogP contribution in [0.1, 0.15) is 32.6 Å². The summed E-state index contributed by atoms with van der Waals surface area (Å²) in [5.74, 6) is -4.10. The molecule has 0 radical (unpaired) electrons. The Balaban J connectivity index is 2.70. The van der Waals surface area contributed by atoms with Crippen molar-refractivity contribution in [1.29, 1.82) is 0 Å². The van der Waals surface area contributed by atoms with Crippen LogP contribution in [0.25, 0.3) is 0 Å². The number of aliphatic hydroxyl groups excluding tert-OH is 1. The maximum Gasteiger partial charge on any atom is 0.328 e. The van der Waals surface area contributed by atoms with Crippen LogP contribution in [0, 0.1) is 0 Å². The zero-order valence-electron chi connectivity index (χ0n) is 15.6. The Morgan fingerprint density at radius 2 is 1.75 bits per heavy atom. The van der Waals surface area contributed by atoms with Crippen LogP contribution in [-0.2, 0) is 24.0 Å². The molecule has 12 nitrogen and oxygen atoms in total. The molecular weight excluding hydrogens is 374 g/mol. The molecule has 4 unspecified atom stereocenters. The van der Waals surface area contributed by atoms with Crippen LogP contribution in [-0.4, -0.2) is 77.1 Å². The summed E-state index contributed by atoms with van der Waals surface area (Å²) in [6.45, 7) is 1.29. The van der Waals surface area contributed by atoms with Crippen molar-refractivity contribution in [1.82, 2.24) is 21.3 Å². The third-order valence-electron chi connectivity index (χ3n) is 4.24. The summed E-state index contributed by atoms with van der Waals surface area (Å²) < 4.78 is 0. The smallest absolute Gasteiger partial charge is 0.328 e. The summed E-state index contributed by atoms with van der Waals surface area (Å²) >= 11 is 0. The Bertz CT molecular complexity index is 606. The van der Waals surface area contributed by atoms with Gasteiger partial charge in [-0.2, -0.15) is 0 Å². The van der Waals surface area contributed by atoms with Gasteiger partial charge in [-0.3, -0.25) is 19.2 Å². The van der Waals surface area contributed by atoms with E-state index in [9.17, 15) is 24.0 Å². The van der Waals surface area contributed by atoms with Gasteiger partial charge in [0.25, 0.3) is 0 Å². The molecule has 0 bridgehead atoms. The Morgan fingerprint density at radius 1 is 1.11 bits per heavy atom. The first kappa shape index (κ1) is 23.3. The van der Waals surface area contributed by atoms with Gasteiger partial charge in [0.05, 0.1) is 12.6 Å². The number of nitrogens with two attached hydrogens (primary N) is 1. The Labute approximate surface area is 161 Å². The SMILES string of the molecule is CC(NC(=O)C1CCCN1)C(=O)NC(CCC(N)=O)C(=O)NC(CO)C(=O)O. The molecule has 1 heterocycles. The zero-order valence-corrected chi connectivity index (χ0v) is 15.6. The molecule has 4 amide bonds. The number of carboxylic acid groups (broad SMARTS) is 1. The monoisotopic (exact) mass is 401 g/mol. The minimum absolute atomic E-state index is 0.171. The van der Waals surface area contributed by atoms with E-state index in [1.54, 1.807) is 0 Å². The van der Waals surface area contributed by atoms with E-state index in [0.29, 0.717) is 13.0 Å². The van der Waals surface area contributed by atoms with Crippen molar-refractivity contribution in [3.63, 3.8) is 0 Å². The van der Waals surface area contributed by atoms with E-state index in [4.69, 9.17) is 15.9 Å². The normalized spacial score (nSPS) is 19.1. The molecule has 0 aromatic carbocycles. The van der Waals surface area contributed by atoms with Crippen LogP contribution in [0.15, 0.2) is 0 Å². The van der Waals surface area contributed by atoms with Crippen molar-refractivity contribution in [3.05, 3.63) is 0 Å². The maximum atomic E-state index is 12.3. The fourth-order valence-electron chi connectivity index (χ4n) is 2.60. The molecule has 12 heteroatoms. The summed E-state index contributed by atoms with van der Waals surface area (Å²) in [7, 11) is 0. The fourth-order valence-corrected chi connectivity index (χ4v) is 2.60. The standard InChI is InChI=1S/C16H27N5O7/c1-8(19-14(25)9-3-2-6-18-9)13(24)20-10(4-5-12(17)23)15(26)21-11(7-22)16(27)28/h8-11,18,22H,2-7H2,1H3,(H2,17,23)(H,19,25)(H,20,24)(H,21,26)(H,27,28). The Morgan fingerprint density at radius 3 is 2.25 bits per heavy atom. The summed E-state index contributed by atoms with van der Waals surface area (Å²) in [5, 5.41) is 27.9. The number of rotatable bonds is 11. The van der Waals surface area contributed by atoms with Gasteiger partial charge >= 0.3 is 5.97 Å². The number of aliphatic hydroxyl groups is 1. The quantitative estimate of drug-likeness (QED) is 0.185. The molecule has 1 rings (SSSR count). The molecule has 1 aliphatic heterocycles. The van der Waals surface area contributed by atoms with Crippen molar-refractivity contribution in [2.45, 2.75) is 56.8 Å². The number of hydrogen-bond acceptors (Lipinski definition) is 7. The minimum Gasteiger partial charge on any atom is -0.480 e. The molecule has 1 aliphatic rings. The molecule has 0 aromatic heterocycles. The summed E-state index contributed by atoms with van der Waals surface area (Å²) in [6, 6.07) is -4.18. The number of carbonyl (C=O) groups excluding carboxylic acids is 4. The van der Waals surface area contributed by atoms with Crippen LogP contribution >= 0.6 is 0 Å². The minimum atomic E-state index is -1.56. The van der Waals surface area contributed by atoms with Gasteiger partial charge in [0.15, 0.2) is 0 Å². The molecule has 0 spiro atoms. The summed E-state index contributed by atoms with van der Waals surface area (Å²) in [5.41, 5.74) is 5.06.